The van der Waals surface area contributed by atoms with Crippen molar-refractivity contribution >= 4 is 40.0 Å². The van der Waals surface area contributed by atoms with E-state index in [1.807, 2.05) is 12.1 Å². The van der Waals surface area contributed by atoms with Gasteiger partial charge in [-0.3, -0.25) is 0 Å². The average molecular weight is 435 g/mol. The number of piperazine rings is 1. The van der Waals surface area contributed by atoms with Crippen molar-refractivity contribution in [2.45, 2.75) is 0 Å². The monoisotopic (exact) mass is 435 g/mol. The normalized spacial score (nSPS) is 17.1. The number of nitrogens with two attached hydrogens (primary N) is 1. The minimum absolute atomic E-state index is 0.212. The van der Waals surface area contributed by atoms with Gasteiger partial charge in [-0.1, -0.05) is 0 Å². The molecule has 0 saturated carbocycles. The van der Waals surface area contributed by atoms with Crippen LogP contribution in [0.15, 0.2) is 36.4 Å². The van der Waals surface area contributed by atoms with Crippen molar-refractivity contribution in [2.75, 3.05) is 72.9 Å². The Labute approximate surface area is 185 Å². The molecule has 2 aromatic heterocycles. The zero-order valence-electron chi connectivity index (χ0n) is 17.6. The molecule has 4 heterocycles. The van der Waals surface area contributed by atoms with Crippen LogP contribution in [0.5, 0.6) is 0 Å². The van der Waals surface area contributed by atoms with Crippen LogP contribution >= 0.6 is 0 Å². The minimum atomic E-state index is -0.987. The number of ether oxygens (including phenoxy) is 1. The summed E-state index contributed by atoms with van der Waals surface area (Å²) >= 11 is 0. The van der Waals surface area contributed by atoms with E-state index < -0.39 is 5.97 Å². The van der Waals surface area contributed by atoms with Gasteiger partial charge in [0, 0.05) is 50.3 Å². The summed E-state index contributed by atoms with van der Waals surface area (Å²) in [5.74, 6) is 1.39. The van der Waals surface area contributed by atoms with Crippen molar-refractivity contribution in [2.24, 2.45) is 0 Å². The van der Waals surface area contributed by atoms with E-state index in [4.69, 9.17) is 10.5 Å². The molecule has 10 nitrogen and oxygen atoms in total. The second kappa shape index (κ2) is 8.46. The van der Waals surface area contributed by atoms with E-state index in [9.17, 15) is 9.90 Å². The third kappa shape index (κ3) is 3.96. The number of benzene rings is 1. The van der Waals surface area contributed by atoms with Crippen molar-refractivity contribution in [3.05, 3.63) is 42.0 Å². The van der Waals surface area contributed by atoms with Crippen LogP contribution in [0.2, 0.25) is 0 Å². The summed E-state index contributed by atoms with van der Waals surface area (Å²) in [6.45, 7) is 5.99. The smallest absolute Gasteiger partial charge is 0.336 e. The quantitative estimate of drug-likeness (QED) is 0.583. The van der Waals surface area contributed by atoms with Crippen LogP contribution in [-0.2, 0) is 4.74 Å². The number of hydrogen-bond donors (Lipinski definition) is 2. The van der Waals surface area contributed by atoms with Crippen LogP contribution in [0, 0.1) is 0 Å². The SMILES string of the molecule is Nc1ccc2nc(N3CCN(c4ccc(N5CCOCC5)nn4)CC3)cc(C(=O)O)c2c1. The zero-order chi connectivity index (χ0) is 22.1. The largest absolute Gasteiger partial charge is 0.478 e. The van der Waals surface area contributed by atoms with Gasteiger partial charge >= 0.3 is 5.97 Å². The van der Waals surface area contributed by atoms with Gasteiger partial charge < -0.3 is 30.3 Å². The van der Waals surface area contributed by atoms with Gasteiger partial charge in [-0.15, -0.1) is 10.2 Å². The summed E-state index contributed by atoms with van der Waals surface area (Å²) in [7, 11) is 0. The number of pyridine rings is 1. The predicted molar refractivity (Wildman–Crippen MR) is 123 cm³/mol. The van der Waals surface area contributed by atoms with Crippen LogP contribution in [-0.4, -0.2) is 78.7 Å². The first kappa shape index (κ1) is 20.3. The van der Waals surface area contributed by atoms with Crippen molar-refractivity contribution in [3.8, 4) is 0 Å². The number of anilines is 4. The van der Waals surface area contributed by atoms with E-state index in [1.54, 1.807) is 24.3 Å². The lowest BCUT2D eigenvalue weighted by molar-refractivity contribution is 0.0699. The molecule has 10 heteroatoms. The van der Waals surface area contributed by atoms with E-state index in [-0.39, 0.29) is 5.56 Å². The first-order valence-electron chi connectivity index (χ1n) is 10.7. The third-order valence-corrected chi connectivity index (χ3v) is 5.95. The molecule has 166 valence electrons. The zero-order valence-corrected chi connectivity index (χ0v) is 17.6. The Morgan fingerprint density at radius 1 is 0.844 bits per heavy atom. The lowest BCUT2D eigenvalue weighted by Gasteiger charge is -2.36. The summed E-state index contributed by atoms with van der Waals surface area (Å²) in [5.41, 5.74) is 7.20. The number of nitrogens with zero attached hydrogens (tertiary/aromatic N) is 6. The molecular formula is C22H25N7O3. The van der Waals surface area contributed by atoms with Crippen LogP contribution in [0.1, 0.15) is 10.4 Å². The number of rotatable bonds is 4. The second-order valence-corrected chi connectivity index (χ2v) is 7.93. The van der Waals surface area contributed by atoms with Crippen molar-refractivity contribution in [1.29, 1.82) is 0 Å². The van der Waals surface area contributed by atoms with Crippen LogP contribution in [0.4, 0.5) is 23.1 Å². The highest BCUT2D eigenvalue weighted by Gasteiger charge is 2.22. The molecule has 2 aliphatic heterocycles. The maximum absolute atomic E-state index is 11.8. The fourth-order valence-electron chi connectivity index (χ4n) is 4.18. The van der Waals surface area contributed by atoms with Crippen molar-refractivity contribution in [1.82, 2.24) is 15.2 Å². The van der Waals surface area contributed by atoms with Crippen LogP contribution in [0.3, 0.4) is 0 Å². The Kier molecular flexibility index (Phi) is 5.36. The molecule has 32 heavy (non-hydrogen) atoms. The summed E-state index contributed by atoms with van der Waals surface area (Å²) < 4.78 is 5.39. The fourth-order valence-corrected chi connectivity index (χ4v) is 4.18. The lowest BCUT2D eigenvalue weighted by Crippen LogP contribution is -2.47. The second-order valence-electron chi connectivity index (χ2n) is 7.93. The molecule has 2 fully saturated rings. The molecular weight excluding hydrogens is 410 g/mol. The summed E-state index contributed by atoms with van der Waals surface area (Å²) in [6.07, 6.45) is 0. The number of carboxylic acid groups (broad SMARTS) is 1. The molecule has 3 N–H and O–H groups in total. The summed E-state index contributed by atoms with van der Waals surface area (Å²) in [5, 5.41) is 19.1. The van der Waals surface area contributed by atoms with E-state index >= 15 is 0 Å². The number of hydrogen-bond acceptors (Lipinski definition) is 9. The molecule has 0 bridgehead atoms. The van der Waals surface area contributed by atoms with Gasteiger partial charge in [0.25, 0.3) is 0 Å². The summed E-state index contributed by atoms with van der Waals surface area (Å²) in [6, 6.07) is 10.8. The highest BCUT2D eigenvalue weighted by Crippen LogP contribution is 2.26. The average Bonchev–Trinajstić information content (AvgIpc) is 2.84. The maximum Gasteiger partial charge on any atom is 0.336 e. The summed E-state index contributed by atoms with van der Waals surface area (Å²) in [4.78, 5) is 23.0. The van der Waals surface area contributed by atoms with Crippen LogP contribution < -0.4 is 20.4 Å². The minimum Gasteiger partial charge on any atom is -0.478 e. The first-order valence-corrected chi connectivity index (χ1v) is 10.7. The van der Waals surface area contributed by atoms with Gasteiger partial charge in [0.2, 0.25) is 0 Å². The van der Waals surface area contributed by atoms with E-state index in [0.717, 1.165) is 37.8 Å². The van der Waals surface area contributed by atoms with Gasteiger partial charge in [-0.2, -0.15) is 0 Å². The highest BCUT2D eigenvalue weighted by atomic mass is 16.5. The fraction of sp³-hybridized carbons (Fsp3) is 0.364. The molecule has 0 atom stereocenters. The van der Waals surface area contributed by atoms with Gasteiger partial charge in [-0.25, -0.2) is 9.78 Å². The Morgan fingerprint density at radius 2 is 1.44 bits per heavy atom. The Hall–Kier alpha value is -3.66. The highest BCUT2D eigenvalue weighted by molar-refractivity contribution is 6.04. The van der Waals surface area contributed by atoms with E-state index in [0.29, 0.717) is 48.7 Å². The number of morpholine rings is 1. The van der Waals surface area contributed by atoms with Gasteiger partial charge in [0.15, 0.2) is 11.6 Å². The number of carboxylic acids is 1. The molecule has 1 aromatic carbocycles. The Balaban J connectivity index is 1.30. The van der Waals surface area contributed by atoms with Crippen molar-refractivity contribution in [3.63, 3.8) is 0 Å². The standard InChI is InChI=1S/C22H25N7O3/c23-15-1-2-18-16(13-15)17(22(30)31)14-21(24-18)28-7-5-27(6-8-28)19-3-4-20(26-25-19)29-9-11-32-12-10-29/h1-4,13-14H,5-12,23H2,(H,30,31). The van der Waals surface area contributed by atoms with Crippen molar-refractivity contribution < 1.29 is 14.6 Å². The maximum atomic E-state index is 11.8. The molecule has 0 radical (unpaired) electrons. The number of aromatic nitrogens is 3. The molecule has 2 saturated heterocycles. The molecule has 2 aliphatic rings. The molecule has 0 unspecified atom stereocenters. The lowest BCUT2D eigenvalue weighted by atomic mass is 10.1. The van der Waals surface area contributed by atoms with Gasteiger partial charge in [0.05, 0.1) is 24.3 Å². The Bertz CT molecular complexity index is 1120. The van der Waals surface area contributed by atoms with E-state index in [2.05, 4.69) is 29.9 Å². The number of fused-ring (bicyclic) bond motifs is 1. The van der Waals surface area contributed by atoms with Gasteiger partial charge in [-0.05, 0) is 36.4 Å². The van der Waals surface area contributed by atoms with Gasteiger partial charge in [0.1, 0.15) is 5.82 Å². The first-order chi connectivity index (χ1) is 15.6. The molecule has 0 aliphatic carbocycles. The predicted octanol–water partition coefficient (Wildman–Crippen LogP) is 1.47. The number of aromatic carboxylic acids is 1. The number of nitrogen functional groups attached to an aromatic ring is 1. The molecule has 3 aromatic rings. The van der Waals surface area contributed by atoms with E-state index in [1.165, 1.54) is 0 Å². The Morgan fingerprint density at radius 3 is 2.03 bits per heavy atom. The number of carbonyl (C=O) groups is 1. The molecule has 0 amide bonds. The molecule has 5 rings (SSSR count). The molecule has 0 spiro atoms. The topological polar surface area (TPSA) is 121 Å². The van der Waals surface area contributed by atoms with Crippen LogP contribution in [0.25, 0.3) is 10.9 Å². The third-order valence-electron chi connectivity index (χ3n) is 5.95.